The molecule has 2 atom stereocenters. The second-order valence-corrected chi connectivity index (χ2v) is 4.86. The monoisotopic (exact) mass is 262 g/mol. The van der Waals surface area contributed by atoms with Crippen molar-refractivity contribution in [3.05, 3.63) is 35.9 Å². The Morgan fingerprint density at radius 1 is 1.33 bits per heavy atom. The largest absolute Gasteiger partial charge is 0.345 e. The van der Waals surface area contributed by atoms with E-state index < -0.39 is 0 Å². The first-order valence-electron chi connectivity index (χ1n) is 5.90. The van der Waals surface area contributed by atoms with Gasteiger partial charge in [-0.2, -0.15) is 0 Å². The Morgan fingerprint density at radius 3 is 2.89 bits per heavy atom. The van der Waals surface area contributed by atoms with Crippen LogP contribution in [0.2, 0.25) is 0 Å². The first-order chi connectivity index (χ1) is 8.75. The fourth-order valence-electron chi connectivity index (χ4n) is 2.29. The lowest BCUT2D eigenvalue weighted by molar-refractivity contribution is -0.133. The van der Waals surface area contributed by atoms with Crippen molar-refractivity contribution in [2.24, 2.45) is 5.92 Å². The molecule has 0 aliphatic carbocycles. The summed E-state index contributed by atoms with van der Waals surface area (Å²) in [6.07, 6.45) is -0.0861. The Labute approximate surface area is 111 Å². The van der Waals surface area contributed by atoms with Crippen LogP contribution in [0.5, 0.6) is 0 Å². The summed E-state index contributed by atoms with van der Waals surface area (Å²) in [6.45, 7) is 1.15. The van der Waals surface area contributed by atoms with Crippen LogP contribution < -0.4 is 16.2 Å². The van der Waals surface area contributed by atoms with Gasteiger partial charge in [-0.1, -0.05) is 30.3 Å². The van der Waals surface area contributed by atoms with Crippen molar-refractivity contribution in [2.75, 3.05) is 6.54 Å². The summed E-state index contributed by atoms with van der Waals surface area (Å²) in [4.78, 5) is 14.0. The smallest absolute Gasteiger partial charge is 0.237 e. The molecule has 2 unspecified atom stereocenters. The van der Waals surface area contributed by atoms with Crippen molar-refractivity contribution in [3.63, 3.8) is 0 Å². The molecule has 3 N–H and O–H groups in total. The van der Waals surface area contributed by atoms with Gasteiger partial charge in [0.15, 0.2) is 5.11 Å². The van der Waals surface area contributed by atoms with Crippen LogP contribution in [0.3, 0.4) is 0 Å². The molecule has 1 aromatic carbocycles. The minimum absolute atomic E-state index is 0.0742. The lowest BCUT2D eigenvalue weighted by Crippen LogP contribution is -2.61. The molecule has 2 aliphatic heterocycles. The second kappa shape index (κ2) is 4.64. The molecule has 0 saturated carbocycles. The van der Waals surface area contributed by atoms with E-state index >= 15 is 0 Å². The van der Waals surface area contributed by atoms with Crippen LogP contribution in [-0.4, -0.2) is 28.6 Å². The van der Waals surface area contributed by atoms with E-state index in [-0.39, 0.29) is 18.0 Å². The lowest BCUT2D eigenvalue weighted by Gasteiger charge is -2.35. The molecule has 0 bridgehead atoms. The number of nitrogens with one attached hydrogen (secondary N) is 3. The van der Waals surface area contributed by atoms with E-state index in [1.54, 1.807) is 4.90 Å². The lowest BCUT2D eigenvalue weighted by atomic mass is 10.0. The van der Waals surface area contributed by atoms with E-state index in [0.717, 1.165) is 5.56 Å². The number of hydrogen-bond donors (Lipinski definition) is 3. The quantitative estimate of drug-likeness (QED) is 0.653. The molecule has 94 valence electrons. The Morgan fingerprint density at radius 2 is 2.11 bits per heavy atom. The van der Waals surface area contributed by atoms with Crippen LogP contribution in [0, 0.1) is 5.92 Å². The van der Waals surface area contributed by atoms with E-state index in [1.807, 2.05) is 30.3 Å². The maximum atomic E-state index is 12.3. The number of fused-ring (bicyclic) bond motifs is 1. The summed E-state index contributed by atoms with van der Waals surface area (Å²) in [5, 5.41) is 3.63. The molecule has 2 saturated heterocycles. The molecule has 2 fully saturated rings. The van der Waals surface area contributed by atoms with Crippen LogP contribution >= 0.6 is 12.2 Å². The number of hydrazine groups is 1. The summed E-state index contributed by atoms with van der Waals surface area (Å²) < 4.78 is 0. The molecular weight excluding hydrogens is 248 g/mol. The highest BCUT2D eigenvalue weighted by Gasteiger charge is 2.41. The van der Waals surface area contributed by atoms with Crippen molar-refractivity contribution >= 4 is 23.2 Å². The highest BCUT2D eigenvalue weighted by Crippen LogP contribution is 2.18. The van der Waals surface area contributed by atoms with Crippen LogP contribution in [0.1, 0.15) is 5.56 Å². The molecule has 0 spiro atoms. The van der Waals surface area contributed by atoms with Gasteiger partial charge < -0.3 is 5.32 Å². The maximum Gasteiger partial charge on any atom is 0.237 e. The molecule has 1 aromatic rings. The first-order valence-corrected chi connectivity index (χ1v) is 6.31. The average molecular weight is 262 g/mol. The molecule has 2 aliphatic rings. The predicted octanol–water partition coefficient (Wildman–Crippen LogP) is -0.0466. The van der Waals surface area contributed by atoms with Gasteiger partial charge in [0.2, 0.25) is 5.91 Å². The number of thiocarbonyl (C=S) groups is 1. The fourth-order valence-corrected chi connectivity index (χ4v) is 2.57. The van der Waals surface area contributed by atoms with Crippen LogP contribution in [-0.2, 0) is 11.3 Å². The molecule has 6 heteroatoms. The summed E-state index contributed by atoms with van der Waals surface area (Å²) >= 11 is 5.25. The number of carbonyl (C=O) groups excluding carboxylic acids is 1. The zero-order valence-corrected chi connectivity index (χ0v) is 10.5. The van der Waals surface area contributed by atoms with Gasteiger partial charge in [-0.05, 0) is 17.8 Å². The SMILES string of the molecule is O=C1C2CNNC2NC(=S)N1Cc1ccccc1. The molecule has 3 rings (SSSR count). The van der Waals surface area contributed by atoms with Gasteiger partial charge in [-0.3, -0.25) is 15.1 Å². The maximum absolute atomic E-state index is 12.3. The van der Waals surface area contributed by atoms with Gasteiger partial charge in [0.1, 0.15) is 6.17 Å². The number of benzene rings is 1. The van der Waals surface area contributed by atoms with Crippen LogP contribution in [0.15, 0.2) is 30.3 Å². The van der Waals surface area contributed by atoms with Crippen molar-refractivity contribution in [3.8, 4) is 0 Å². The first kappa shape index (κ1) is 11.6. The van der Waals surface area contributed by atoms with Gasteiger partial charge in [0.05, 0.1) is 12.5 Å². The average Bonchev–Trinajstić information content (AvgIpc) is 2.84. The molecular formula is C12H14N4OS. The van der Waals surface area contributed by atoms with Gasteiger partial charge in [-0.15, -0.1) is 0 Å². The van der Waals surface area contributed by atoms with Gasteiger partial charge >= 0.3 is 0 Å². The van der Waals surface area contributed by atoms with Gasteiger partial charge in [0, 0.05) is 6.54 Å². The summed E-state index contributed by atoms with van der Waals surface area (Å²) in [5.41, 5.74) is 7.06. The number of nitrogens with zero attached hydrogens (tertiary/aromatic N) is 1. The molecule has 5 nitrogen and oxygen atoms in total. The van der Waals surface area contributed by atoms with Crippen LogP contribution in [0.4, 0.5) is 0 Å². The minimum Gasteiger partial charge on any atom is -0.345 e. The van der Waals surface area contributed by atoms with Crippen molar-refractivity contribution in [2.45, 2.75) is 12.7 Å². The summed E-state index contributed by atoms with van der Waals surface area (Å²) in [6, 6.07) is 9.86. The van der Waals surface area contributed by atoms with E-state index in [1.165, 1.54) is 0 Å². The molecule has 2 heterocycles. The van der Waals surface area contributed by atoms with Crippen molar-refractivity contribution < 1.29 is 4.79 Å². The molecule has 0 aromatic heterocycles. The zero-order chi connectivity index (χ0) is 12.5. The Kier molecular flexibility index (Phi) is 2.99. The number of amides is 1. The Hall–Kier alpha value is -1.50. The predicted molar refractivity (Wildman–Crippen MR) is 71.1 cm³/mol. The van der Waals surface area contributed by atoms with E-state index in [9.17, 15) is 4.79 Å². The summed E-state index contributed by atoms with van der Waals surface area (Å²) in [5.74, 6) is -0.0227. The molecule has 1 amide bonds. The number of rotatable bonds is 2. The topological polar surface area (TPSA) is 56.4 Å². The van der Waals surface area contributed by atoms with Crippen molar-refractivity contribution in [1.82, 2.24) is 21.1 Å². The van der Waals surface area contributed by atoms with Crippen molar-refractivity contribution in [1.29, 1.82) is 0 Å². The standard InChI is InChI=1S/C12H14N4OS/c17-11-9-6-13-15-10(9)14-12(18)16(11)7-8-4-2-1-3-5-8/h1-5,9-10,13,15H,6-7H2,(H,14,18). The highest BCUT2D eigenvalue weighted by molar-refractivity contribution is 7.80. The third kappa shape index (κ3) is 1.98. The van der Waals surface area contributed by atoms with Gasteiger partial charge in [0.25, 0.3) is 0 Å². The molecule has 0 radical (unpaired) electrons. The number of hydrogen-bond acceptors (Lipinski definition) is 4. The van der Waals surface area contributed by atoms with E-state index in [2.05, 4.69) is 16.2 Å². The normalized spacial score (nSPS) is 27.0. The van der Waals surface area contributed by atoms with Crippen LogP contribution in [0.25, 0.3) is 0 Å². The zero-order valence-electron chi connectivity index (χ0n) is 9.72. The van der Waals surface area contributed by atoms with E-state index in [0.29, 0.717) is 18.2 Å². The minimum atomic E-state index is -0.0968. The van der Waals surface area contributed by atoms with Gasteiger partial charge in [-0.25, -0.2) is 5.43 Å². The highest BCUT2D eigenvalue weighted by atomic mass is 32.1. The fraction of sp³-hybridized carbons (Fsp3) is 0.333. The Bertz CT molecular complexity index is 478. The molecule has 18 heavy (non-hydrogen) atoms. The third-order valence-electron chi connectivity index (χ3n) is 3.27. The van der Waals surface area contributed by atoms with E-state index in [4.69, 9.17) is 12.2 Å². The Balaban J connectivity index is 1.79. The summed E-state index contributed by atoms with van der Waals surface area (Å²) in [7, 11) is 0. The number of carbonyl (C=O) groups is 1. The third-order valence-corrected chi connectivity index (χ3v) is 3.61. The second-order valence-electron chi connectivity index (χ2n) is 4.47.